The summed E-state index contributed by atoms with van der Waals surface area (Å²) in [5.41, 5.74) is 1.06. The molecule has 1 aromatic rings. The maximum Gasteiger partial charge on any atom is 0.137 e. The first-order valence-corrected chi connectivity index (χ1v) is 8.28. The fourth-order valence-electron chi connectivity index (χ4n) is 2.28. The Morgan fingerprint density at radius 1 is 1.13 bits per heavy atom. The molecule has 0 aliphatic rings. The second kappa shape index (κ2) is 9.68. The van der Waals surface area contributed by atoms with Crippen LogP contribution in [0.4, 0.5) is 0 Å². The van der Waals surface area contributed by atoms with Crippen molar-refractivity contribution in [2.75, 3.05) is 7.11 Å². The number of carbonyl (C=O) groups is 1. The number of Topliss-reactive ketones (excluding diaryl/α,β-unsaturated/α-hetero) is 1. The molecule has 0 aliphatic heterocycles. The number of hydrogen-bond acceptors (Lipinski definition) is 4. The zero-order valence-corrected chi connectivity index (χ0v) is 14.9. The second-order valence-electron chi connectivity index (χ2n) is 6.66. The number of benzene rings is 1. The van der Waals surface area contributed by atoms with Crippen molar-refractivity contribution in [3.8, 4) is 5.75 Å². The zero-order chi connectivity index (χ0) is 17.4. The Bertz CT molecular complexity index is 465. The minimum atomic E-state index is -0.645. The quantitative estimate of drug-likeness (QED) is 0.715. The van der Waals surface area contributed by atoms with Gasteiger partial charge in [-0.1, -0.05) is 39.8 Å². The average Bonchev–Trinajstić information content (AvgIpc) is 2.51. The summed E-state index contributed by atoms with van der Waals surface area (Å²) >= 11 is 0. The maximum absolute atomic E-state index is 11.7. The third-order valence-electron chi connectivity index (χ3n) is 3.95. The normalized spacial score (nSPS) is 14.1. The van der Waals surface area contributed by atoms with E-state index in [0.717, 1.165) is 11.3 Å². The van der Waals surface area contributed by atoms with Crippen LogP contribution in [0.5, 0.6) is 5.75 Å². The lowest BCUT2D eigenvalue weighted by atomic mass is 9.95. The monoisotopic (exact) mass is 322 g/mol. The van der Waals surface area contributed by atoms with Crippen LogP contribution in [0.1, 0.15) is 46.1 Å². The predicted molar refractivity (Wildman–Crippen MR) is 91.5 cm³/mol. The molecule has 0 spiro atoms. The van der Waals surface area contributed by atoms with Crippen molar-refractivity contribution < 1.29 is 19.4 Å². The van der Waals surface area contributed by atoms with Gasteiger partial charge in [0.2, 0.25) is 0 Å². The van der Waals surface area contributed by atoms with Gasteiger partial charge in [0.05, 0.1) is 25.9 Å². The van der Waals surface area contributed by atoms with Crippen molar-refractivity contribution in [2.45, 2.75) is 59.4 Å². The number of aliphatic hydroxyl groups excluding tert-OH is 1. The molecule has 0 radical (unpaired) electrons. The van der Waals surface area contributed by atoms with Crippen LogP contribution in [0, 0.1) is 11.8 Å². The van der Waals surface area contributed by atoms with Gasteiger partial charge in [-0.15, -0.1) is 0 Å². The Labute approximate surface area is 139 Å². The number of aliphatic hydroxyl groups is 1. The van der Waals surface area contributed by atoms with Gasteiger partial charge in [-0.25, -0.2) is 0 Å². The fourth-order valence-corrected chi connectivity index (χ4v) is 2.28. The highest BCUT2D eigenvalue weighted by atomic mass is 16.5. The minimum Gasteiger partial charge on any atom is -0.497 e. The molecule has 0 amide bonds. The molecule has 4 nitrogen and oxygen atoms in total. The molecule has 1 N–H and O–H groups in total. The van der Waals surface area contributed by atoms with Crippen molar-refractivity contribution in [1.82, 2.24) is 0 Å². The third-order valence-corrected chi connectivity index (χ3v) is 3.95. The summed E-state index contributed by atoms with van der Waals surface area (Å²) in [4.78, 5) is 11.7. The Hall–Kier alpha value is -1.39. The van der Waals surface area contributed by atoms with Gasteiger partial charge in [-0.2, -0.15) is 0 Å². The van der Waals surface area contributed by atoms with Crippen LogP contribution in [0.25, 0.3) is 0 Å². The largest absolute Gasteiger partial charge is 0.497 e. The molecule has 23 heavy (non-hydrogen) atoms. The van der Waals surface area contributed by atoms with Crippen LogP contribution in [-0.4, -0.2) is 30.2 Å². The van der Waals surface area contributed by atoms with E-state index in [1.165, 1.54) is 0 Å². The van der Waals surface area contributed by atoms with E-state index < -0.39 is 6.10 Å². The molecule has 0 heterocycles. The number of ketones is 1. The van der Waals surface area contributed by atoms with Crippen molar-refractivity contribution in [1.29, 1.82) is 0 Å². The summed E-state index contributed by atoms with van der Waals surface area (Å²) in [7, 11) is 1.64. The molecule has 130 valence electrons. The number of methoxy groups -OCH3 is 1. The van der Waals surface area contributed by atoms with E-state index in [-0.39, 0.29) is 30.1 Å². The predicted octanol–water partition coefficient (Wildman–Crippen LogP) is 3.60. The number of carbonyl (C=O) groups excluding carboxylic acids is 1. The molecule has 2 atom stereocenters. The Balaban J connectivity index is 2.52. The minimum absolute atomic E-state index is 0.0395. The van der Waals surface area contributed by atoms with Crippen LogP contribution in [0.2, 0.25) is 0 Å². The van der Waals surface area contributed by atoms with Crippen LogP contribution in [-0.2, 0) is 16.1 Å². The molecule has 0 bridgehead atoms. The summed E-state index contributed by atoms with van der Waals surface area (Å²) in [5.74, 6) is 1.14. The van der Waals surface area contributed by atoms with Gasteiger partial charge < -0.3 is 14.6 Å². The molecule has 1 aromatic carbocycles. The lowest BCUT2D eigenvalue weighted by molar-refractivity contribution is -0.124. The van der Waals surface area contributed by atoms with E-state index in [1.54, 1.807) is 7.11 Å². The molecule has 0 unspecified atom stereocenters. The highest BCUT2D eigenvalue weighted by Gasteiger charge is 2.21. The van der Waals surface area contributed by atoms with Gasteiger partial charge in [0.1, 0.15) is 11.5 Å². The maximum atomic E-state index is 11.7. The Morgan fingerprint density at radius 3 is 2.22 bits per heavy atom. The molecule has 0 fully saturated rings. The highest BCUT2D eigenvalue weighted by molar-refractivity contribution is 5.80. The van der Waals surface area contributed by atoms with E-state index >= 15 is 0 Å². The number of hydrogen-bond donors (Lipinski definition) is 1. The van der Waals surface area contributed by atoms with Gasteiger partial charge >= 0.3 is 0 Å². The third kappa shape index (κ3) is 7.14. The van der Waals surface area contributed by atoms with Crippen molar-refractivity contribution in [3.05, 3.63) is 29.8 Å². The van der Waals surface area contributed by atoms with Gasteiger partial charge in [-0.05, 0) is 23.6 Å². The molecule has 0 saturated heterocycles. The first kappa shape index (κ1) is 19.7. The van der Waals surface area contributed by atoms with E-state index in [9.17, 15) is 9.90 Å². The average molecular weight is 322 g/mol. The van der Waals surface area contributed by atoms with Crippen LogP contribution in [0.3, 0.4) is 0 Å². The number of rotatable bonds is 10. The zero-order valence-electron chi connectivity index (χ0n) is 14.9. The molecule has 1 rings (SSSR count). The Kier molecular flexibility index (Phi) is 8.28. The van der Waals surface area contributed by atoms with Gasteiger partial charge in [0.25, 0.3) is 0 Å². The van der Waals surface area contributed by atoms with Gasteiger partial charge in [0.15, 0.2) is 0 Å². The van der Waals surface area contributed by atoms with Crippen molar-refractivity contribution in [3.63, 3.8) is 0 Å². The van der Waals surface area contributed by atoms with E-state index in [0.29, 0.717) is 13.0 Å². The Morgan fingerprint density at radius 2 is 1.74 bits per heavy atom. The first-order chi connectivity index (χ1) is 10.8. The van der Waals surface area contributed by atoms with E-state index in [4.69, 9.17) is 9.47 Å². The van der Waals surface area contributed by atoms with E-state index in [2.05, 4.69) is 13.8 Å². The highest BCUT2D eigenvalue weighted by Crippen LogP contribution is 2.19. The summed E-state index contributed by atoms with van der Waals surface area (Å²) in [5, 5.41) is 10.1. The molecule has 4 heteroatoms. The summed E-state index contributed by atoms with van der Waals surface area (Å²) in [6.07, 6.45) is -0.0424. The summed E-state index contributed by atoms with van der Waals surface area (Å²) < 4.78 is 11.1. The standard InChI is InChI=1S/C19H30O4/c1-13(2)18(21)10-16(20)11-19(14(3)4)23-12-15-6-8-17(22-5)9-7-15/h6-9,13-14,16,19-20H,10-12H2,1-5H3/t16-,19-/m1/s1. The lowest BCUT2D eigenvalue weighted by Gasteiger charge is -2.24. The second-order valence-corrected chi connectivity index (χ2v) is 6.66. The van der Waals surface area contributed by atoms with Gasteiger partial charge in [-0.3, -0.25) is 4.79 Å². The van der Waals surface area contributed by atoms with Crippen molar-refractivity contribution in [2.24, 2.45) is 11.8 Å². The smallest absolute Gasteiger partial charge is 0.137 e. The molecule has 0 aromatic heterocycles. The summed E-state index contributed by atoms with van der Waals surface area (Å²) in [6.45, 7) is 8.33. The SMILES string of the molecule is COc1ccc(CO[C@H](C[C@H](O)CC(=O)C(C)C)C(C)C)cc1. The number of ether oxygens (including phenoxy) is 2. The first-order valence-electron chi connectivity index (χ1n) is 8.28. The van der Waals surface area contributed by atoms with Crippen molar-refractivity contribution >= 4 is 5.78 Å². The van der Waals surface area contributed by atoms with Crippen LogP contribution >= 0.6 is 0 Å². The van der Waals surface area contributed by atoms with Crippen LogP contribution < -0.4 is 4.74 Å². The molecule has 0 aliphatic carbocycles. The molecular weight excluding hydrogens is 292 g/mol. The molecule has 0 saturated carbocycles. The fraction of sp³-hybridized carbons (Fsp3) is 0.632. The van der Waals surface area contributed by atoms with Gasteiger partial charge in [0, 0.05) is 18.8 Å². The van der Waals surface area contributed by atoms with E-state index in [1.807, 2.05) is 38.1 Å². The summed E-state index contributed by atoms with van der Waals surface area (Å²) in [6, 6.07) is 7.74. The lowest BCUT2D eigenvalue weighted by Crippen LogP contribution is -2.28. The topological polar surface area (TPSA) is 55.8 Å². The molecular formula is C19H30O4. The van der Waals surface area contributed by atoms with Crippen LogP contribution in [0.15, 0.2) is 24.3 Å².